The first-order valence-electron chi connectivity index (χ1n) is 8.85. The normalized spacial score (nSPS) is 11.2. The molecule has 0 saturated heterocycles. The van der Waals surface area contributed by atoms with Gasteiger partial charge in [-0.2, -0.15) is 5.10 Å². The first-order chi connectivity index (χ1) is 13.8. The van der Waals surface area contributed by atoms with Gasteiger partial charge in [-0.25, -0.2) is 9.50 Å². The van der Waals surface area contributed by atoms with Crippen LogP contribution in [0.2, 0.25) is 0 Å². The van der Waals surface area contributed by atoms with Crippen molar-refractivity contribution < 1.29 is 9.52 Å². The quantitative estimate of drug-likeness (QED) is 0.514. The number of rotatable bonds is 4. The highest BCUT2D eigenvalue weighted by atomic mass is 16.3. The Morgan fingerprint density at radius 1 is 0.893 bits per heavy atom. The molecule has 1 aromatic carbocycles. The number of aliphatic hydroxyl groups is 1. The van der Waals surface area contributed by atoms with Crippen LogP contribution < -0.4 is 0 Å². The van der Waals surface area contributed by atoms with Crippen molar-refractivity contribution >= 4 is 5.65 Å². The third-order valence-electron chi connectivity index (χ3n) is 4.68. The molecule has 0 radical (unpaired) electrons. The van der Waals surface area contributed by atoms with Gasteiger partial charge in [0, 0.05) is 22.9 Å². The molecule has 0 aliphatic carbocycles. The van der Waals surface area contributed by atoms with Crippen LogP contribution in [0.1, 0.15) is 5.56 Å². The van der Waals surface area contributed by atoms with Gasteiger partial charge in [-0.3, -0.25) is 4.98 Å². The lowest BCUT2D eigenvalue weighted by molar-refractivity contribution is 0.282. The minimum Gasteiger partial charge on any atom is -0.472 e. The third-order valence-corrected chi connectivity index (χ3v) is 4.68. The van der Waals surface area contributed by atoms with Crippen molar-refractivity contribution in [2.45, 2.75) is 6.61 Å². The van der Waals surface area contributed by atoms with Crippen molar-refractivity contribution in [3.8, 4) is 33.6 Å². The Hall–Kier alpha value is -3.77. The fourth-order valence-corrected chi connectivity index (χ4v) is 3.24. The molecule has 4 heterocycles. The van der Waals surface area contributed by atoms with Crippen LogP contribution in [-0.2, 0) is 6.61 Å². The standard InChI is InChI=1S/C22H16N4O2/c27-13-15-2-1-3-16(8-15)19-10-22-24-12-21(26(22)25-11-19)17-4-6-23-20(9-17)18-5-7-28-14-18/h1-12,14,27H,13H2. The van der Waals surface area contributed by atoms with E-state index in [1.807, 2.05) is 65.4 Å². The van der Waals surface area contributed by atoms with Gasteiger partial charge in [-0.1, -0.05) is 18.2 Å². The van der Waals surface area contributed by atoms with Crippen molar-refractivity contribution in [2.24, 2.45) is 0 Å². The van der Waals surface area contributed by atoms with Crippen LogP contribution in [0.15, 0.2) is 84.1 Å². The molecule has 6 heteroatoms. The van der Waals surface area contributed by atoms with Crippen LogP contribution in [0.5, 0.6) is 0 Å². The molecule has 0 spiro atoms. The maximum atomic E-state index is 9.36. The summed E-state index contributed by atoms with van der Waals surface area (Å²) in [5.74, 6) is 0. The summed E-state index contributed by atoms with van der Waals surface area (Å²) in [6, 6.07) is 15.6. The van der Waals surface area contributed by atoms with Crippen LogP contribution in [0.3, 0.4) is 0 Å². The molecule has 0 amide bonds. The highest BCUT2D eigenvalue weighted by molar-refractivity contribution is 5.72. The highest BCUT2D eigenvalue weighted by Crippen LogP contribution is 2.27. The van der Waals surface area contributed by atoms with Gasteiger partial charge in [-0.05, 0) is 41.5 Å². The number of hydrogen-bond donors (Lipinski definition) is 1. The minimum absolute atomic E-state index is 0.0120. The third kappa shape index (κ3) is 2.86. The Morgan fingerprint density at radius 3 is 2.71 bits per heavy atom. The Bertz CT molecular complexity index is 1260. The van der Waals surface area contributed by atoms with Crippen LogP contribution in [0.25, 0.3) is 39.3 Å². The number of fused-ring (bicyclic) bond motifs is 1. The zero-order chi connectivity index (χ0) is 18.9. The molecular formula is C22H16N4O2. The van der Waals surface area contributed by atoms with E-state index < -0.39 is 0 Å². The average Bonchev–Trinajstić information content (AvgIpc) is 3.43. The first-order valence-corrected chi connectivity index (χ1v) is 8.85. The summed E-state index contributed by atoms with van der Waals surface area (Å²) >= 11 is 0. The lowest BCUT2D eigenvalue weighted by Crippen LogP contribution is -1.95. The van der Waals surface area contributed by atoms with Gasteiger partial charge in [0.2, 0.25) is 0 Å². The summed E-state index contributed by atoms with van der Waals surface area (Å²) < 4.78 is 6.97. The topological polar surface area (TPSA) is 76.5 Å². The van der Waals surface area contributed by atoms with Gasteiger partial charge in [0.05, 0.1) is 42.9 Å². The van der Waals surface area contributed by atoms with E-state index in [0.29, 0.717) is 0 Å². The van der Waals surface area contributed by atoms with E-state index in [-0.39, 0.29) is 6.61 Å². The molecular weight excluding hydrogens is 352 g/mol. The Morgan fingerprint density at radius 2 is 1.86 bits per heavy atom. The van der Waals surface area contributed by atoms with Gasteiger partial charge >= 0.3 is 0 Å². The van der Waals surface area contributed by atoms with Crippen LogP contribution >= 0.6 is 0 Å². The largest absolute Gasteiger partial charge is 0.472 e. The van der Waals surface area contributed by atoms with Gasteiger partial charge in [0.15, 0.2) is 5.65 Å². The van der Waals surface area contributed by atoms with Gasteiger partial charge in [0.1, 0.15) is 0 Å². The molecule has 28 heavy (non-hydrogen) atoms. The van der Waals surface area contributed by atoms with Crippen molar-refractivity contribution in [2.75, 3.05) is 0 Å². The summed E-state index contributed by atoms with van der Waals surface area (Å²) in [4.78, 5) is 8.94. The predicted molar refractivity (Wildman–Crippen MR) is 105 cm³/mol. The molecule has 6 nitrogen and oxygen atoms in total. The second-order valence-corrected chi connectivity index (χ2v) is 6.46. The Kier molecular flexibility index (Phi) is 3.96. The van der Waals surface area contributed by atoms with Crippen molar-refractivity contribution in [3.63, 3.8) is 0 Å². The Balaban J connectivity index is 1.56. The van der Waals surface area contributed by atoms with Crippen molar-refractivity contribution in [1.29, 1.82) is 0 Å². The lowest BCUT2D eigenvalue weighted by atomic mass is 10.1. The van der Waals surface area contributed by atoms with Crippen molar-refractivity contribution in [1.82, 2.24) is 19.6 Å². The monoisotopic (exact) mass is 368 g/mol. The van der Waals surface area contributed by atoms with Gasteiger partial charge in [-0.15, -0.1) is 0 Å². The Labute approximate surface area is 160 Å². The van der Waals surface area contributed by atoms with E-state index >= 15 is 0 Å². The molecule has 0 aliphatic rings. The summed E-state index contributed by atoms with van der Waals surface area (Å²) in [6.45, 7) is 0.0120. The molecule has 0 saturated carbocycles. The number of furan rings is 1. The molecule has 1 N–H and O–H groups in total. The molecule has 0 unspecified atom stereocenters. The fraction of sp³-hybridized carbons (Fsp3) is 0.0455. The smallest absolute Gasteiger partial charge is 0.154 e. The van der Waals surface area contributed by atoms with E-state index in [2.05, 4.69) is 15.1 Å². The van der Waals surface area contributed by atoms with E-state index in [4.69, 9.17) is 4.42 Å². The summed E-state index contributed by atoms with van der Waals surface area (Å²) in [5, 5.41) is 14.0. The minimum atomic E-state index is 0.0120. The number of imidazole rings is 1. The molecule has 5 aromatic rings. The van der Waals surface area contributed by atoms with Crippen molar-refractivity contribution in [3.05, 3.63) is 85.2 Å². The summed E-state index contributed by atoms with van der Waals surface area (Å²) in [7, 11) is 0. The van der Waals surface area contributed by atoms with E-state index in [1.165, 1.54) is 0 Å². The van der Waals surface area contributed by atoms with Crippen LogP contribution in [0, 0.1) is 0 Å². The molecule has 4 aromatic heterocycles. The van der Waals surface area contributed by atoms with E-state index in [9.17, 15) is 5.11 Å². The highest BCUT2D eigenvalue weighted by Gasteiger charge is 2.11. The molecule has 136 valence electrons. The molecule has 0 bridgehead atoms. The second-order valence-electron chi connectivity index (χ2n) is 6.46. The number of pyridine rings is 1. The number of aromatic nitrogens is 4. The van der Waals surface area contributed by atoms with Gasteiger partial charge in [0.25, 0.3) is 0 Å². The maximum absolute atomic E-state index is 9.36. The fourth-order valence-electron chi connectivity index (χ4n) is 3.24. The number of benzene rings is 1. The molecule has 0 atom stereocenters. The maximum Gasteiger partial charge on any atom is 0.154 e. The summed E-state index contributed by atoms with van der Waals surface area (Å²) in [5.41, 5.74) is 7.19. The number of aliphatic hydroxyl groups excluding tert-OH is 1. The van der Waals surface area contributed by atoms with E-state index in [1.54, 1.807) is 18.7 Å². The lowest BCUT2D eigenvalue weighted by Gasteiger charge is -2.06. The van der Waals surface area contributed by atoms with Crippen LogP contribution in [0.4, 0.5) is 0 Å². The number of hydrogen-bond acceptors (Lipinski definition) is 5. The first kappa shape index (κ1) is 16.4. The van der Waals surface area contributed by atoms with Gasteiger partial charge < -0.3 is 9.52 Å². The second kappa shape index (κ2) is 6.75. The number of nitrogens with zero attached hydrogens (tertiary/aromatic N) is 4. The molecule has 0 aliphatic heterocycles. The van der Waals surface area contributed by atoms with Crippen LogP contribution in [-0.4, -0.2) is 24.7 Å². The average molecular weight is 368 g/mol. The zero-order valence-electron chi connectivity index (χ0n) is 14.9. The van der Waals surface area contributed by atoms with E-state index in [0.717, 1.165) is 44.9 Å². The summed E-state index contributed by atoms with van der Waals surface area (Å²) in [6.07, 6.45) is 8.70. The zero-order valence-corrected chi connectivity index (χ0v) is 14.9. The molecule has 5 rings (SSSR count). The SMILES string of the molecule is OCc1cccc(-c2cnn3c(-c4ccnc(-c5ccoc5)c4)cnc3c2)c1. The molecule has 0 fully saturated rings. The predicted octanol–water partition coefficient (Wildman–Crippen LogP) is 4.21.